The van der Waals surface area contributed by atoms with E-state index in [-0.39, 0.29) is 23.2 Å². The number of nitrogens with zero attached hydrogens (tertiary/aromatic N) is 1. The number of carbonyl (C=O) groups excluding carboxylic acids is 1. The van der Waals surface area contributed by atoms with E-state index >= 15 is 0 Å². The molecule has 1 heterocycles. The molecule has 27 heavy (non-hydrogen) atoms. The molecule has 3 aliphatic carbocycles. The number of benzene rings is 1. The Morgan fingerprint density at radius 2 is 1.96 bits per heavy atom. The van der Waals surface area contributed by atoms with Gasteiger partial charge in [0, 0.05) is 19.6 Å². The lowest BCUT2D eigenvalue weighted by Gasteiger charge is -2.46. The predicted molar refractivity (Wildman–Crippen MR) is 104 cm³/mol. The van der Waals surface area contributed by atoms with E-state index in [1.807, 2.05) is 6.07 Å². The molecule has 4 nitrogen and oxygen atoms in total. The molecule has 4 aliphatic rings. The topological polar surface area (TPSA) is 41.6 Å². The lowest BCUT2D eigenvalue weighted by molar-refractivity contribution is -0.137. The second kappa shape index (κ2) is 5.74. The van der Waals surface area contributed by atoms with Gasteiger partial charge in [-0.05, 0) is 91.9 Å². The molecule has 144 valence electrons. The Kier molecular flexibility index (Phi) is 3.73. The highest BCUT2D eigenvalue weighted by atomic mass is 32.1. The smallest absolute Gasteiger partial charge is 0.259 e. The van der Waals surface area contributed by atoms with E-state index < -0.39 is 5.54 Å². The molecule has 1 unspecified atom stereocenters. The van der Waals surface area contributed by atoms with E-state index in [2.05, 4.69) is 5.32 Å². The number of thiocarbonyl (C=S) groups is 1. The first-order chi connectivity index (χ1) is 12.9. The lowest BCUT2D eigenvalue weighted by atomic mass is 9.61. The summed E-state index contributed by atoms with van der Waals surface area (Å²) < 4.78 is 20.3. The van der Waals surface area contributed by atoms with Crippen molar-refractivity contribution in [3.63, 3.8) is 0 Å². The van der Waals surface area contributed by atoms with Crippen LogP contribution in [0.4, 0.5) is 4.39 Å². The van der Waals surface area contributed by atoms with Gasteiger partial charge in [-0.1, -0.05) is 0 Å². The normalized spacial score (nSPS) is 35.2. The molecule has 5 rings (SSSR count). The van der Waals surface area contributed by atoms with Gasteiger partial charge in [0.2, 0.25) is 0 Å². The summed E-state index contributed by atoms with van der Waals surface area (Å²) in [5.74, 6) is 0.195. The third kappa shape index (κ3) is 2.23. The highest BCUT2D eigenvalue weighted by Gasteiger charge is 2.66. The zero-order valence-electron chi connectivity index (χ0n) is 15.8. The summed E-state index contributed by atoms with van der Waals surface area (Å²) in [5, 5.41) is 3.90. The third-order valence-electron chi connectivity index (χ3n) is 7.42. The average Bonchev–Trinajstić information content (AvgIpc) is 3.43. The first-order valence-electron chi connectivity index (χ1n) is 9.88. The Bertz CT molecular complexity index is 845. The van der Waals surface area contributed by atoms with Crippen LogP contribution in [0.25, 0.3) is 0 Å². The third-order valence-corrected chi connectivity index (χ3v) is 7.79. The second-order valence-electron chi connectivity index (χ2n) is 8.74. The number of carbonyl (C=O) groups is 1. The van der Waals surface area contributed by atoms with Gasteiger partial charge in [-0.25, -0.2) is 4.39 Å². The zero-order valence-corrected chi connectivity index (χ0v) is 16.6. The van der Waals surface area contributed by atoms with E-state index in [4.69, 9.17) is 17.0 Å². The monoisotopic (exact) mass is 388 g/mol. The van der Waals surface area contributed by atoms with Crippen LogP contribution in [0.1, 0.15) is 61.1 Å². The fourth-order valence-corrected chi connectivity index (χ4v) is 5.97. The van der Waals surface area contributed by atoms with Crippen LogP contribution in [0.2, 0.25) is 0 Å². The predicted octanol–water partition coefficient (Wildman–Crippen LogP) is 3.38. The van der Waals surface area contributed by atoms with Crippen molar-refractivity contribution in [3.8, 4) is 0 Å². The minimum Gasteiger partial charge on any atom is -0.381 e. The van der Waals surface area contributed by atoms with Gasteiger partial charge in [-0.3, -0.25) is 9.69 Å². The number of methoxy groups -OCH3 is 1. The van der Waals surface area contributed by atoms with Crippen LogP contribution in [0.3, 0.4) is 0 Å². The Hall–Kier alpha value is -1.53. The second-order valence-corrected chi connectivity index (χ2v) is 9.13. The zero-order chi connectivity index (χ0) is 19.0. The number of ether oxygens (including phenoxy) is 1. The number of rotatable bonds is 2. The summed E-state index contributed by atoms with van der Waals surface area (Å²) in [7, 11) is 3.49. The SMILES string of the molecule is COC1CCC2(CC1)Cc1cc(F)c(C3CC3)cc1C21NC(=S)N(C)C1=O. The van der Waals surface area contributed by atoms with Gasteiger partial charge in [0.15, 0.2) is 10.7 Å². The summed E-state index contributed by atoms with van der Waals surface area (Å²) in [6, 6.07) is 3.67. The number of hydrogen-bond donors (Lipinski definition) is 1. The summed E-state index contributed by atoms with van der Waals surface area (Å²) in [6.45, 7) is 0. The number of halogens is 1. The van der Waals surface area contributed by atoms with E-state index in [1.54, 1.807) is 25.1 Å². The van der Waals surface area contributed by atoms with Crippen LogP contribution in [-0.4, -0.2) is 36.2 Å². The molecule has 0 bridgehead atoms. The molecule has 0 aromatic heterocycles. The lowest BCUT2D eigenvalue weighted by Crippen LogP contribution is -2.56. The van der Waals surface area contributed by atoms with Crippen molar-refractivity contribution in [2.45, 2.75) is 62.5 Å². The molecule has 1 atom stereocenters. The quantitative estimate of drug-likeness (QED) is 0.789. The number of hydrogen-bond acceptors (Lipinski definition) is 3. The molecule has 2 saturated carbocycles. The molecular formula is C21H25FN2O2S. The molecule has 0 radical (unpaired) electrons. The largest absolute Gasteiger partial charge is 0.381 e. The minimum absolute atomic E-state index is 0.00970. The Morgan fingerprint density at radius 1 is 1.26 bits per heavy atom. The van der Waals surface area contributed by atoms with Crippen molar-refractivity contribution >= 4 is 23.2 Å². The Balaban J connectivity index is 1.67. The van der Waals surface area contributed by atoms with Crippen molar-refractivity contribution < 1.29 is 13.9 Å². The van der Waals surface area contributed by atoms with Crippen LogP contribution < -0.4 is 5.32 Å². The molecule has 2 spiro atoms. The minimum atomic E-state index is -0.857. The highest BCUT2D eigenvalue weighted by molar-refractivity contribution is 7.80. The van der Waals surface area contributed by atoms with Gasteiger partial charge in [0.05, 0.1) is 6.10 Å². The van der Waals surface area contributed by atoms with Gasteiger partial charge in [0.1, 0.15) is 5.82 Å². The molecule has 1 saturated heterocycles. The number of amides is 1. The first-order valence-corrected chi connectivity index (χ1v) is 10.3. The molecule has 6 heteroatoms. The van der Waals surface area contributed by atoms with Crippen LogP contribution >= 0.6 is 12.2 Å². The molecule has 3 fully saturated rings. The van der Waals surface area contributed by atoms with Crippen molar-refractivity contribution in [2.24, 2.45) is 5.41 Å². The summed E-state index contributed by atoms with van der Waals surface area (Å²) in [5.41, 5.74) is 1.56. The van der Waals surface area contributed by atoms with Crippen molar-refractivity contribution in [1.29, 1.82) is 0 Å². The number of fused-ring (bicyclic) bond motifs is 3. The van der Waals surface area contributed by atoms with E-state index in [1.165, 1.54) is 0 Å². The van der Waals surface area contributed by atoms with Gasteiger partial charge in [0.25, 0.3) is 5.91 Å². The Labute approximate surface area is 164 Å². The molecule has 1 N–H and O–H groups in total. The highest BCUT2D eigenvalue weighted by Crippen LogP contribution is 2.60. The maximum absolute atomic E-state index is 14.8. The van der Waals surface area contributed by atoms with E-state index in [0.29, 0.717) is 11.0 Å². The maximum Gasteiger partial charge on any atom is 0.259 e. The summed E-state index contributed by atoms with van der Waals surface area (Å²) in [6.07, 6.45) is 6.58. The average molecular weight is 389 g/mol. The Morgan fingerprint density at radius 3 is 2.52 bits per heavy atom. The molecular weight excluding hydrogens is 363 g/mol. The number of nitrogens with one attached hydrogen (secondary N) is 1. The van der Waals surface area contributed by atoms with Gasteiger partial charge in [-0.15, -0.1) is 0 Å². The molecule has 1 aromatic rings. The van der Waals surface area contributed by atoms with Crippen LogP contribution in [-0.2, 0) is 21.5 Å². The van der Waals surface area contributed by atoms with Crippen molar-refractivity contribution in [3.05, 3.63) is 34.6 Å². The van der Waals surface area contributed by atoms with Crippen molar-refractivity contribution in [2.75, 3.05) is 14.2 Å². The van der Waals surface area contributed by atoms with E-state index in [0.717, 1.165) is 61.6 Å². The maximum atomic E-state index is 14.8. The van der Waals surface area contributed by atoms with Gasteiger partial charge < -0.3 is 10.1 Å². The van der Waals surface area contributed by atoms with Gasteiger partial charge >= 0.3 is 0 Å². The van der Waals surface area contributed by atoms with Gasteiger partial charge in [-0.2, -0.15) is 0 Å². The first kappa shape index (κ1) is 17.6. The fraction of sp³-hybridized carbons (Fsp3) is 0.619. The van der Waals surface area contributed by atoms with Crippen LogP contribution in [0.5, 0.6) is 0 Å². The molecule has 1 aliphatic heterocycles. The fourth-order valence-electron chi connectivity index (χ4n) is 5.73. The molecule has 1 aromatic carbocycles. The number of likely N-dealkylation sites (N-methyl/N-ethyl adjacent to an activating group) is 1. The standard InChI is InChI=1S/C21H25FN2O2S/c1-24-18(25)21(23-19(24)27)16-10-15(12-3-4-12)17(22)9-13(16)11-20(21)7-5-14(26-2)6-8-20/h9-10,12,14H,3-8,11H2,1-2H3,(H,23,27). The summed E-state index contributed by atoms with van der Waals surface area (Å²) in [4.78, 5) is 15.1. The van der Waals surface area contributed by atoms with E-state index in [9.17, 15) is 9.18 Å². The van der Waals surface area contributed by atoms with Crippen LogP contribution in [0.15, 0.2) is 12.1 Å². The van der Waals surface area contributed by atoms with Crippen LogP contribution in [0, 0.1) is 11.2 Å². The molecule has 1 amide bonds. The van der Waals surface area contributed by atoms with Crippen molar-refractivity contribution in [1.82, 2.24) is 10.2 Å². The summed E-state index contributed by atoms with van der Waals surface area (Å²) >= 11 is 5.47.